The Labute approximate surface area is 102 Å². The molecule has 0 saturated carbocycles. The molecule has 4 nitrogen and oxygen atoms in total. The molecule has 4 heteroatoms. The van der Waals surface area contributed by atoms with Crippen molar-refractivity contribution >= 4 is 5.91 Å². The molecule has 0 aliphatic carbocycles. The van der Waals surface area contributed by atoms with Gasteiger partial charge in [0.05, 0.1) is 19.8 Å². The van der Waals surface area contributed by atoms with Crippen LogP contribution in [0, 0.1) is 0 Å². The Morgan fingerprint density at radius 2 is 2.24 bits per heavy atom. The number of amides is 1. The second-order valence-corrected chi connectivity index (χ2v) is 3.86. The van der Waals surface area contributed by atoms with E-state index in [0.717, 1.165) is 23.3 Å². The van der Waals surface area contributed by atoms with Crippen LogP contribution in [-0.4, -0.2) is 24.7 Å². The van der Waals surface area contributed by atoms with Crippen molar-refractivity contribution < 1.29 is 14.6 Å². The summed E-state index contributed by atoms with van der Waals surface area (Å²) in [6, 6.07) is 5.31. The van der Waals surface area contributed by atoms with E-state index in [4.69, 9.17) is 4.74 Å². The van der Waals surface area contributed by atoms with Crippen molar-refractivity contribution in [3.8, 4) is 5.75 Å². The topological polar surface area (TPSA) is 58.6 Å². The van der Waals surface area contributed by atoms with Crippen LogP contribution in [0.3, 0.4) is 0 Å². The predicted octanol–water partition coefficient (Wildman–Crippen LogP) is 1.43. The van der Waals surface area contributed by atoms with E-state index in [9.17, 15) is 9.90 Å². The summed E-state index contributed by atoms with van der Waals surface area (Å²) in [6.45, 7) is 3.36. The highest BCUT2D eigenvalue weighted by Gasteiger charge is 2.13. The lowest BCUT2D eigenvalue weighted by Crippen LogP contribution is -2.28. The third kappa shape index (κ3) is 3.46. The molecule has 1 aromatic carbocycles. The van der Waals surface area contributed by atoms with Gasteiger partial charge in [0.1, 0.15) is 5.75 Å². The highest BCUT2D eigenvalue weighted by atomic mass is 16.5. The number of hydrogen-bond acceptors (Lipinski definition) is 3. The third-order valence-electron chi connectivity index (χ3n) is 2.65. The number of carbonyl (C=O) groups is 1. The van der Waals surface area contributed by atoms with Crippen molar-refractivity contribution in [3.05, 3.63) is 29.3 Å². The smallest absolute Gasteiger partial charge is 0.217 e. The number of methoxy groups -OCH3 is 1. The molecule has 0 fully saturated rings. The van der Waals surface area contributed by atoms with Crippen molar-refractivity contribution in [2.45, 2.75) is 26.3 Å². The third-order valence-corrected chi connectivity index (χ3v) is 2.65. The lowest BCUT2D eigenvalue weighted by Gasteiger charge is -2.17. The Hall–Kier alpha value is -1.55. The second kappa shape index (κ2) is 6.25. The summed E-state index contributed by atoms with van der Waals surface area (Å²) < 4.78 is 5.24. The minimum absolute atomic E-state index is 0.116. The van der Waals surface area contributed by atoms with Gasteiger partial charge < -0.3 is 15.2 Å². The number of nitrogens with one attached hydrogen (secondary N) is 1. The summed E-state index contributed by atoms with van der Waals surface area (Å²) in [5, 5.41) is 12.0. The predicted molar refractivity (Wildman–Crippen MR) is 66.0 cm³/mol. The van der Waals surface area contributed by atoms with Crippen LogP contribution in [0.2, 0.25) is 0 Å². The molecular formula is C13H19NO3. The van der Waals surface area contributed by atoms with E-state index < -0.39 is 0 Å². The van der Waals surface area contributed by atoms with Crippen molar-refractivity contribution in [1.82, 2.24) is 5.32 Å². The molecule has 1 aromatic rings. The maximum absolute atomic E-state index is 11.0. The standard InChI is InChI=1S/C13H19NO3/c1-4-10-7-11(5-6-13(10)17-3)12(8-15)14-9(2)16/h5-7,12,15H,4,8H2,1-3H3,(H,14,16). The maximum Gasteiger partial charge on any atom is 0.217 e. The first-order chi connectivity index (χ1) is 8.12. The van der Waals surface area contributed by atoms with Gasteiger partial charge in [-0.3, -0.25) is 4.79 Å². The van der Waals surface area contributed by atoms with E-state index in [1.165, 1.54) is 6.92 Å². The molecule has 2 N–H and O–H groups in total. The first kappa shape index (κ1) is 13.5. The average molecular weight is 237 g/mol. The molecule has 0 spiro atoms. The van der Waals surface area contributed by atoms with Crippen LogP contribution in [0.15, 0.2) is 18.2 Å². The number of rotatable bonds is 5. The van der Waals surface area contributed by atoms with Gasteiger partial charge in [0.2, 0.25) is 5.91 Å². The molecule has 0 aromatic heterocycles. The number of hydrogen-bond donors (Lipinski definition) is 2. The van der Waals surface area contributed by atoms with E-state index in [-0.39, 0.29) is 18.6 Å². The number of aryl methyl sites for hydroxylation is 1. The zero-order valence-corrected chi connectivity index (χ0v) is 10.5. The molecule has 17 heavy (non-hydrogen) atoms. The molecule has 0 heterocycles. The lowest BCUT2D eigenvalue weighted by molar-refractivity contribution is -0.120. The normalized spacial score (nSPS) is 12.0. The number of benzene rings is 1. The van der Waals surface area contributed by atoms with Gasteiger partial charge in [0, 0.05) is 6.92 Å². The minimum Gasteiger partial charge on any atom is -0.496 e. The SMILES string of the molecule is CCc1cc(C(CO)NC(C)=O)ccc1OC. The van der Waals surface area contributed by atoms with Crippen molar-refractivity contribution in [1.29, 1.82) is 0 Å². The van der Waals surface area contributed by atoms with E-state index in [1.807, 2.05) is 25.1 Å². The van der Waals surface area contributed by atoms with E-state index in [0.29, 0.717) is 0 Å². The quantitative estimate of drug-likeness (QED) is 0.814. The fourth-order valence-corrected chi connectivity index (χ4v) is 1.77. The summed E-state index contributed by atoms with van der Waals surface area (Å²) in [5.74, 6) is 0.675. The second-order valence-electron chi connectivity index (χ2n) is 3.86. The summed E-state index contributed by atoms with van der Waals surface area (Å²) in [4.78, 5) is 11.0. The van der Waals surface area contributed by atoms with Crippen LogP contribution in [0.5, 0.6) is 5.75 Å². The van der Waals surface area contributed by atoms with E-state index in [1.54, 1.807) is 7.11 Å². The molecule has 1 unspecified atom stereocenters. The maximum atomic E-state index is 11.0. The lowest BCUT2D eigenvalue weighted by atomic mass is 10.0. The van der Waals surface area contributed by atoms with Crippen LogP contribution < -0.4 is 10.1 Å². The van der Waals surface area contributed by atoms with Gasteiger partial charge in [-0.15, -0.1) is 0 Å². The summed E-state index contributed by atoms with van der Waals surface area (Å²) >= 11 is 0. The molecule has 1 amide bonds. The van der Waals surface area contributed by atoms with Crippen molar-refractivity contribution in [2.24, 2.45) is 0 Å². The van der Waals surface area contributed by atoms with Crippen LogP contribution >= 0.6 is 0 Å². The minimum atomic E-state index is -0.358. The molecule has 0 aliphatic heterocycles. The molecule has 94 valence electrons. The first-order valence-corrected chi connectivity index (χ1v) is 5.67. The largest absolute Gasteiger partial charge is 0.496 e. The number of ether oxygens (including phenoxy) is 1. The average Bonchev–Trinajstić information content (AvgIpc) is 2.34. The Balaban J connectivity index is 3.00. The van der Waals surface area contributed by atoms with E-state index >= 15 is 0 Å². The molecule has 0 radical (unpaired) electrons. The van der Waals surface area contributed by atoms with Gasteiger partial charge in [0.15, 0.2) is 0 Å². The zero-order valence-electron chi connectivity index (χ0n) is 10.5. The Morgan fingerprint density at radius 1 is 1.53 bits per heavy atom. The monoisotopic (exact) mass is 237 g/mol. The Kier molecular flexibility index (Phi) is 4.97. The van der Waals surface area contributed by atoms with Gasteiger partial charge >= 0.3 is 0 Å². The molecule has 0 saturated heterocycles. The van der Waals surface area contributed by atoms with E-state index in [2.05, 4.69) is 5.32 Å². The van der Waals surface area contributed by atoms with Crippen LogP contribution in [0.4, 0.5) is 0 Å². The van der Waals surface area contributed by atoms with Gasteiger partial charge in [0.25, 0.3) is 0 Å². The van der Waals surface area contributed by atoms with Gasteiger partial charge in [-0.1, -0.05) is 13.0 Å². The van der Waals surface area contributed by atoms with Gasteiger partial charge in [-0.05, 0) is 29.7 Å². The number of aliphatic hydroxyl groups is 1. The first-order valence-electron chi connectivity index (χ1n) is 5.67. The Bertz CT molecular complexity index is 390. The van der Waals surface area contributed by atoms with Gasteiger partial charge in [-0.2, -0.15) is 0 Å². The zero-order chi connectivity index (χ0) is 12.8. The summed E-state index contributed by atoms with van der Waals surface area (Å²) in [5.41, 5.74) is 1.95. The molecule has 1 rings (SSSR count). The highest BCUT2D eigenvalue weighted by Crippen LogP contribution is 2.23. The molecule has 0 bridgehead atoms. The highest BCUT2D eigenvalue weighted by molar-refractivity contribution is 5.73. The molecular weight excluding hydrogens is 218 g/mol. The Morgan fingerprint density at radius 3 is 2.71 bits per heavy atom. The number of carbonyl (C=O) groups excluding carboxylic acids is 1. The van der Waals surface area contributed by atoms with Crippen LogP contribution in [-0.2, 0) is 11.2 Å². The summed E-state index contributed by atoms with van der Waals surface area (Å²) in [6.07, 6.45) is 0.842. The molecule has 0 aliphatic rings. The van der Waals surface area contributed by atoms with Gasteiger partial charge in [-0.25, -0.2) is 0 Å². The number of aliphatic hydroxyl groups excluding tert-OH is 1. The fourth-order valence-electron chi connectivity index (χ4n) is 1.77. The van der Waals surface area contributed by atoms with Crippen molar-refractivity contribution in [3.63, 3.8) is 0 Å². The van der Waals surface area contributed by atoms with Crippen molar-refractivity contribution in [2.75, 3.05) is 13.7 Å². The fraction of sp³-hybridized carbons (Fsp3) is 0.462. The summed E-state index contributed by atoms with van der Waals surface area (Å²) in [7, 11) is 1.63. The van der Waals surface area contributed by atoms with Crippen LogP contribution in [0.25, 0.3) is 0 Å². The molecule has 1 atom stereocenters. The van der Waals surface area contributed by atoms with Crippen LogP contribution in [0.1, 0.15) is 31.0 Å².